The highest BCUT2D eigenvalue weighted by atomic mass is 35.5. The van der Waals surface area contributed by atoms with E-state index in [1.807, 2.05) is 14.1 Å². The Morgan fingerprint density at radius 1 is 1.45 bits per heavy atom. The van der Waals surface area contributed by atoms with E-state index in [0.29, 0.717) is 17.6 Å². The highest BCUT2D eigenvalue weighted by molar-refractivity contribution is 6.18. The van der Waals surface area contributed by atoms with Gasteiger partial charge >= 0.3 is 0 Å². The fourth-order valence-corrected chi connectivity index (χ4v) is 1.08. The predicted molar refractivity (Wildman–Crippen MR) is 45.7 cm³/mol. The highest BCUT2D eigenvalue weighted by Gasteiger charge is 2.18. The van der Waals surface area contributed by atoms with E-state index in [9.17, 15) is 5.11 Å². The molecular weight excluding hydrogens is 166 g/mol. The summed E-state index contributed by atoms with van der Waals surface area (Å²) in [5, 5.41) is 17.8. The molecule has 0 bridgehead atoms. The monoisotopic (exact) mass is 182 g/mol. The zero-order chi connectivity index (χ0) is 8.91. The maximum Gasteiger partial charge on any atom is 0.116 e. The molecule has 0 saturated heterocycles. The molecule has 1 unspecified atom stereocenters. The van der Waals surface area contributed by atoms with E-state index < -0.39 is 6.10 Å². The summed E-state index contributed by atoms with van der Waals surface area (Å²) in [4.78, 5) is 0. The molecule has 0 saturated carbocycles. The number of nitrogens with zero attached hydrogens (tertiary/aromatic N) is 1. The summed E-state index contributed by atoms with van der Waals surface area (Å²) >= 11 is 5.44. The first-order chi connectivity index (χ1) is 5.02. The smallest absolute Gasteiger partial charge is 0.116 e. The summed E-state index contributed by atoms with van der Waals surface area (Å²) in [6.07, 6.45) is -0.474. The number of aliphatic hydroxyl groups is 2. The average Bonchev–Trinajstić information content (AvgIpc) is 1.86. The second-order valence-electron chi connectivity index (χ2n) is 3.37. The number of halogens is 1. The molecule has 4 heteroatoms. The first kappa shape index (κ1) is 11.2. The van der Waals surface area contributed by atoms with E-state index in [-0.39, 0.29) is 12.5 Å². The number of quaternary nitrogens is 1. The van der Waals surface area contributed by atoms with Gasteiger partial charge in [-0.2, -0.15) is 0 Å². The minimum Gasteiger partial charge on any atom is -0.391 e. The van der Waals surface area contributed by atoms with Crippen molar-refractivity contribution in [1.82, 2.24) is 0 Å². The number of hydrogen-bond donors (Lipinski definition) is 2. The molecule has 3 nitrogen and oxygen atoms in total. The van der Waals surface area contributed by atoms with Crippen molar-refractivity contribution in [2.75, 3.05) is 39.7 Å². The molecule has 2 N–H and O–H groups in total. The van der Waals surface area contributed by atoms with Crippen LogP contribution in [0, 0.1) is 0 Å². The lowest BCUT2D eigenvalue weighted by atomic mass is 10.3. The summed E-state index contributed by atoms with van der Waals surface area (Å²) in [5.74, 6) is 0.257. The Morgan fingerprint density at radius 2 is 2.00 bits per heavy atom. The SMILES string of the molecule is C[N+](C)(CCO)CC(O)CCl. The maximum absolute atomic E-state index is 9.19. The van der Waals surface area contributed by atoms with Gasteiger partial charge in [-0.3, -0.25) is 0 Å². The number of hydrogen-bond acceptors (Lipinski definition) is 2. The number of alkyl halides is 1. The lowest BCUT2D eigenvalue weighted by Crippen LogP contribution is -2.47. The standard InChI is InChI=1S/C7H17ClNO2/c1-9(2,3-4-10)6-7(11)5-8/h7,10-11H,3-6H2,1-2H3/q+1. The molecule has 0 aliphatic heterocycles. The summed E-state index contributed by atoms with van der Waals surface area (Å²) in [6.45, 7) is 1.38. The van der Waals surface area contributed by atoms with Gasteiger partial charge in [0.05, 0.1) is 26.6 Å². The summed E-state index contributed by atoms with van der Waals surface area (Å²) in [6, 6.07) is 0. The summed E-state index contributed by atoms with van der Waals surface area (Å²) in [7, 11) is 3.90. The maximum atomic E-state index is 9.19. The molecule has 1 atom stereocenters. The van der Waals surface area contributed by atoms with Gasteiger partial charge in [0.25, 0.3) is 0 Å². The third-order valence-corrected chi connectivity index (χ3v) is 1.94. The molecule has 0 aromatic rings. The van der Waals surface area contributed by atoms with Crippen LogP contribution < -0.4 is 0 Å². The van der Waals surface area contributed by atoms with E-state index in [4.69, 9.17) is 16.7 Å². The first-order valence-electron chi connectivity index (χ1n) is 3.69. The molecule has 0 spiro atoms. The van der Waals surface area contributed by atoms with E-state index in [1.165, 1.54) is 0 Å². The van der Waals surface area contributed by atoms with Crippen LogP contribution in [-0.2, 0) is 0 Å². The Hall–Kier alpha value is 0.170. The quantitative estimate of drug-likeness (QED) is 0.451. The van der Waals surface area contributed by atoms with Crippen molar-refractivity contribution in [2.45, 2.75) is 6.10 Å². The van der Waals surface area contributed by atoms with Crippen LogP contribution in [0.5, 0.6) is 0 Å². The van der Waals surface area contributed by atoms with Gasteiger partial charge in [0.15, 0.2) is 0 Å². The molecule has 0 radical (unpaired) electrons. The largest absolute Gasteiger partial charge is 0.391 e. The van der Waals surface area contributed by atoms with Crippen LogP contribution in [0.4, 0.5) is 0 Å². The molecule has 0 rings (SSSR count). The fourth-order valence-electron chi connectivity index (χ4n) is 0.981. The molecule has 11 heavy (non-hydrogen) atoms. The molecule has 68 valence electrons. The van der Waals surface area contributed by atoms with Crippen LogP contribution in [0.2, 0.25) is 0 Å². The van der Waals surface area contributed by atoms with E-state index in [1.54, 1.807) is 0 Å². The van der Waals surface area contributed by atoms with Crippen LogP contribution in [-0.4, -0.2) is 60.5 Å². The lowest BCUT2D eigenvalue weighted by molar-refractivity contribution is -0.893. The second-order valence-corrected chi connectivity index (χ2v) is 3.68. The minimum atomic E-state index is -0.474. The van der Waals surface area contributed by atoms with Crippen molar-refractivity contribution < 1.29 is 14.7 Å². The first-order valence-corrected chi connectivity index (χ1v) is 4.22. The van der Waals surface area contributed by atoms with Gasteiger partial charge in [-0.15, -0.1) is 11.6 Å². The molecule has 0 aliphatic carbocycles. The van der Waals surface area contributed by atoms with E-state index >= 15 is 0 Å². The predicted octanol–water partition coefficient (Wildman–Crippen LogP) is -0.345. The molecule has 0 amide bonds. The average molecular weight is 183 g/mol. The van der Waals surface area contributed by atoms with Crippen molar-refractivity contribution in [1.29, 1.82) is 0 Å². The van der Waals surface area contributed by atoms with Crippen LogP contribution in [0.15, 0.2) is 0 Å². The van der Waals surface area contributed by atoms with Gasteiger partial charge in [0, 0.05) is 0 Å². The Balaban J connectivity index is 3.70. The zero-order valence-corrected chi connectivity index (χ0v) is 7.88. The van der Waals surface area contributed by atoms with Crippen LogP contribution in [0.1, 0.15) is 0 Å². The molecule has 0 fully saturated rings. The minimum absolute atomic E-state index is 0.141. The molecule has 0 aromatic carbocycles. The van der Waals surface area contributed by atoms with Crippen molar-refractivity contribution >= 4 is 11.6 Å². The third kappa shape index (κ3) is 5.44. The lowest BCUT2D eigenvalue weighted by Gasteiger charge is -2.30. The third-order valence-electron chi connectivity index (χ3n) is 1.59. The Labute approximate surface area is 72.8 Å². The highest BCUT2D eigenvalue weighted by Crippen LogP contribution is 2.00. The van der Waals surface area contributed by atoms with Crippen LogP contribution >= 0.6 is 11.6 Å². The molecule has 0 aliphatic rings. The molecular formula is C7H17ClNO2+. The molecule has 0 heterocycles. The van der Waals surface area contributed by atoms with Crippen molar-refractivity contribution in [3.63, 3.8) is 0 Å². The zero-order valence-electron chi connectivity index (χ0n) is 7.13. The van der Waals surface area contributed by atoms with E-state index in [2.05, 4.69) is 0 Å². The van der Waals surface area contributed by atoms with Gasteiger partial charge in [-0.05, 0) is 0 Å². The van der Waals surface area contributed by atoms with Crippen LogP contribution in [0.25, 0.3) is 0 Å². The van der Waals surface area contributed by atoms with Crippen molar-refractivity contribution in [2.24, 2.45) is 0 Å². The van der Waals surface area contributed by atoms with Crippen molar-refractivity contribution in [3.8, 4) is 0 Å². The fraction of sp³-hybridized carbons (Fsp3) is 1.00. The van der Waals surface area contributed by atoms with E-state index in [0.717, 1.165) is 0 Å². The Bertz CT molecular complexity index is 109. The number of aliphatic hydroxyl groups excluding tert-OH is 2. The van der Waals surface area contributed by atoms with Gasteiger partial charge in [-0.25, -0.2) is 0 Å². The number of likely N-dealkylation sites (N-methyl/N-ethyl adjacent to an activating group) is 1. The topological polar surface area (TPSA) is 40.5 Å². The van der Waals surface area contributed by atoms with Gasteiger partial charge in [0.1, 0.15) is 19.2 Å². The number of rotatable bonds is 5. The normalized spacial score (nSPS) is 15.0. The Morgan fingerprint density at radius 3 is 2.36 bits per heavy atom. The Kier molecular flexibility index (Phi) is 5.01. The second kappa shape index (κ2) is 4.93. The summed E-state index contributed by atoms with van der Waals surface area (Å²) in [5.41, 5.74) is 0. The summed E-state index contributed by atoms with van der Waals surface area (Å²) < 4.78 is 0.602. The molecule has 0 aromatic heterocycles. The van der Waals surface area contributed by atoms with Crippen molar-refractivity contribution in [3.05, 3.63) is 0 Å². The van der Waals surface area contributed by atoms with Crippen LogP contribution in [0.3, 0.4) is 0 Å². The van der Waals surface area contributed by atoms with Gasteiger partial charge in [0.2, 0.25) is 0 Å². The van der Waals surface area contributed by atoms with Gasteiger partial charge in [-0.1, -0.05) is 0 Å². The van der Waals surface area contributed by atoms with Gasteiger partial charge < -0.3 is 14.7 Å².